The molecule has 24 heavy (non-hydrogen) atoms. The molecule has 0 fully saturated rings. The molecular formula is C16H14N4O3S. The Morgan fingerprint density at radius 3 is 2.71 bits per heavy atom. The number of anilines is 1. The number of oxazole rings is 1. The largest absolute Gasteiger partial charge is 0.440 e. The minimum atomic E-state index is -0.475. The maximum atomic E-state index is 12.5. The number of carbonyl (C=O) groups is 2. The second-order valence-corrected chi connectivity index (χ2v) is 5.88. The molecule has 0 saturated heterocycles. The first-order chi connectivity index (χ1) is 11.5. The van der Waals surface area contributed by atoms with Gasteiger partial charge < -0.3 is 10.2 Å². The molecule has 0 atom stereocenters. The van der Waals surface area contributed by atoms with E-state index in [1.807, 2.05) is 30.3 Å². The predicted molar refractivity (Wildman–Crippen MR) is 89.6 cm³/mol. The third kappa shape index (κ3) is 3.49. The number of carbonyl (C=O) groups excluding carboxylic acids is 2. The fourth-order valence-electron chi connectivity index (χ4n) is 2.15. The van der Waals surface area contributed by atoms with E-state index in [0.29, 0.717) is 22.5 Å². The van der Waals surface area contributed by atoms with Gasteiger partial charge in [-0.05, 0) is 0 Å². The first-order valence-corrected chi connectivity index (χ1v) is 7.98. The number of thiazole rings is 1. The van der Waals surface area contributed by atoms with Crippen LogP contribution in [0.5, 0.6) is 0 Å². The number of rotatable bonds is 5. The van der Waals surface area contributed by atoms with Crippen LogP contribution in [-0.2, 0) is 11.2 Å². The third-order valence-electron chi connectivity index (χ3n) is 3.11. The number of benzene rings is 1. The van der Waals surface area contributed by atoms with Crippen molar-refractivity contribution in [1.82, 2.24) is 9.97 Å². The van der Waals surface area contributed by atoms with Crippen molar-refractivity contribution < 1.29 is 14.0 Å². The molecule has 0 radical (unpaired) electrons. The summed E-state index contributed by atoms with van der Waals surface area (Å²) in [6, 6.07) is 9.26. The predicted octanol–water partition coefficient (Wildman–Crippen LogP) is 2.39. The average Bonchev–Trinajstić information content (AvgIpc) is 3.14. The summed E-state index contributed by atoms with van der Waals surface area (Å²) in [6.45, 7) is 1.68. The lowest BCUT2D eigenvalue weighted by Crippen LogP contribution is -2.15. The van der Waals surface area contributed by atoms with Crippen LogP contribution in [-0.4, -0.2) is 21.8 Å². The third-order valence-corrected chi connectivity index (χ3v) is 3.92. The van der Waals surface area contributed by atoms with Gasteiger partial charge in [-0.1, -0.05) is 30.3 Å². The highest BCUT2D eigenvalue weighted by atomic mass is 32.1. The fourth-order valence-corrected chi connectivity index (χ4v) is 2.85. The molecule has 122 valence electrons. The van der Waals surface area contributed by atoms with E-state index < -0.39 is 11.8 Å². The van der Waals surface area contributed by atoms with E-state index in [9.17, 15) is 9.59 Å². The first kappa shape index (κ1) is 15.9. The number of nitrogens with two attached hydrogens (primary N) is 1. The second kappa shape index (κ2) is 6.63. The van der Waals surface area contributed by atoms with Gasteiger partial charge >= 0.3 is 0 Å². The van der Waals surface area contributed by atoms with E-state index in [0.717, 1.165) is 5.56 Å². The van der Waals surface area contributed by atoms with Crippen LogP contribution in [0.15, 0.2) is 40.1 Å². The van der Waals surface area contributed by atoms with Gasteiger partial charge in [-0.25, -0.2) is 9.97 Å². The van der Waals surface area contributed by atoms with Gasteiger partial charge in [0.2, 0.25) is 5.91 Å². The average molecular weight is 342 g/mol. The van der Waals surface area contributed by atoms with Crippen molar-refractivity contribution in [3.63, 3.8) is 0 Å². The van der Waals surface area contributed by atoms with Gasteiger partial charge in [0, 0.05) is 17.9 Å². The number of hydrogen-bond donors (Lipinski definition) is 2. The molecule has 2 aromatic heterocycles. The normalized spacial score (nSPS) is 10.5. The molecule has 8 heteroatoms. The molecular weight excluding hydrogens is 328 g/mol. The zero-order chi connectivity index (χ0) is 17.1. The summed E-state index contributed by atoms with van der Waals surface area (Å²) in [7, 11) is 0. The Balaban J connectivity index is 1.83. The van der Waals surface area contributed by atoms with E-state index >= 15 is 0 Å². The van der Waals surface area contributed by atoms with Crippen molar-refractivity contribution in [2.24, 2.45) is 5.73 Å². The topological polar surface area (TPSA) is 111 Å². The first-order valence-electron chi connectivity index (χ1n) is 7.10. The maximum absolute atomic E-state index is 12.5. The molecule has 1 aromatic carbocycles. The molecule has 0 unspecified atom stereocenters. The lowest BCUT2D eigenvalue weighted by Gasteiger charge is -2.01. The molecule has 0 aliphatic rings. The van der Waals surface area contributed by atoms with Gasteiger partial charge in [0.1, 0.15) is 0 Å². The molecule has 0 saturated carbocycles. The van der Waals surface area contributed by atoms with Crippen molar-refractivity contribution in [2.45, 2.75) is 13.3 Å². The number of primary amides is 1. The number of aryl methyl sites for hydroxylation is 1. The lowest BCUT2D eigenvalue weighted by molar-refractivity contribution is -0.117. The zero-order valence-electron chi connectivity index (χ0n) is 12.8. The summed E-state index contributed by atoms with van der Waals surface area (Å²) in [5.41, 5.74) is 6.59. The molecule has 2 amide bonds. The Bertz CT molecular complexity index is 886. The molecule has 3 rings (SSSR count). The molecule has 3 N–H and O–H groups in total. The summed E-state index contributed by atoms with van der Waals surface area (Å²) in [6.07, 6.45) is 0.0324. The smallest absolute Gasteiger partial charge is 0.280 e. The SMILES string of the molecule is Cc1nc(C(=O)Nc2nc(CC(N)=O)cs2)c(-c2ccccc2)o1. The van der Waals surface area contributed by atoms with Crippen molar-refractivity contribution in [2.75, 3.05) is 5.32 Å². The summed E-state index contributed by atoms with van der Waals surface area (Å²) in [5, 5.41) is 4.71. The Morgan fingerprint density at radius 1 is 1.25 bits per heavy atom. The summed E-state index contributed by atoms with van der Waals surface area (Å²) in [4.78, 5) is 31.7. The minimum Gasteiger partial charge on any atom is -0.440 e. The summed E-state index contributed by atoms with van der Waals surface area (Å²) < 4.78 is 5.57. The van der Waals surface area contributed by atoms with Gasteiger partial charge in [-0.2, -0.15) is 0 Å². The number of nitrogens with zero attached hydrogens (tertiary/aromatic N) is 2. The number of amides is 2. The molecule has 3 aromatic rings. The van der Waals surface area contributed by atoms with Crippen molar-refractivity contribution >= 4 is 28.3 Å². The Kier molecular flexibility index (Phi) is 4.39. The maximum Gasteiger partial charge on any atom is 0.280 e. The van der Waals surface area contributed by atoms with E-state index in [-0.39, 0.29) is 12.1 Å². The molecule has 2 heterocycles. The van der Waals surface area contributed by atoms with Crippen LogP contribution in [0.25, 0.3) is 11.3 Å². The van der Waals surface area contributed by atoms with Crippen molar-refractivity contribution in [1.29, 1.82) is 0 Å². The highest BCUT2D eigenvalue weighted by molar-refractivity contribution is 7.14. The Labute approximate surface area is 141 Å². The van der Waals surface area contributed by atoms with Gasteiger partial charge in [0.15, 0.2) is 22.5 Å². The fraction of sp³-hybridized carbons (Fsp3) is 0.125. The minimum absolute atomic E-state index is 0.0324. The number of hydrogen-bond acceptors (Lipinski definition) is 6. The van der Waals surface area contributed by atoms with E-state index in [2.05, 4.69) is 15.3 Å². The highest BCUT2D eigenvalue weighted by Gasteiger charge is 2.21. The zero-order valence-corrected chi connectivity index (χ0v) is 13.6. The van der Waals surface area contributed by atoms with Crippen molar-refractivity contribution in [3.05, 3.63) is 53.0 Å². The second-order valence-electron chi connectivity index (χ2n) is 5.02. The standard InChI is InChI=1S/C16H14N4O3S/c1-9-18-13(14(23-9)10-5-3-2-4-6-10)15(22)20-16-19-11(8-24-16)7-12(17)21/h2-6,8H,7H2,1H3,(H2,17,21)(H,19,20,22). The quantitative estimate of drug-likeness (QED) is 0.739. The van der Waals surface area contributed by atoms with E-state index in [1.165, 1.54) is 11.3 Å². The van der Waals surface area contributed by atoms with Crippen LogP contribution in [0.4, 0.5) is 5.13 Å². The van der Waals surface area contributed by atoms with Crippen LogP contribution in [0.2, 0.25) is 0 Å². The number of aromatic nitrogens is 2. The molecule has 0 bridgehead atoms. The highest BCUT2D eigenvalue weighted by Crippen LogP contribution is 2.26. The molecule has 0 aliphatic carbocycles. The van der Waals surface area contributed by atoms with Crippen LogP contribution in [0.3, 0.4) is 0 Å². The van der Waals surface area contributed by atoms with Gasteiger partial charge in [-0.3, -0.25) is 14.9 Å². The van der Waals surface area contributed by atoms with E-state index in [4.69, 9.17) is 10.2 Å². The lowest BCUT2D eigenvalue weighted by atomic mass is 10.1. The Hall–Kier alpha value is -3.00. The summed E-state index contributed by atoms with van der Waals surface area (Å²) >= 11 is 1.21. The number of nitrogens with one attached hydrogen (secondary N) is 1. The van der Waals surface area contributed by atoms with Gasteiger partial charge in [0.05, 0.1) is 12.1 Å². The molecule has 7 nitrogen and oxygen atoms in total. The van der Waals surface area contributed by atoms with Crippen molar-refractivity contribution in [3.8, 4) is 11.3 Å². The van der Waals surface area contributed by atoms with Crippen LogP contribution < -0.4 is 11.1 Å². The van der Waals surface area contributed by atoms with E-state index in [1.54, 1.807) is 12.3 Å². The van der Waals surface area contributed by atoms with Crippen LogP contribution in [0.1, 0.15) is 22.1 Å². The molecule has 0 spiro atoms. The molecule has 0 aliphatic heterocycles. The summed E-state index contributed by atoms with van der Waals surface area (Å²) in [5.74, 6) is -0.102. The van der Waals surface area contributed by atoms with Gasteiger partial charge in [0.25, 0.3) is 5.91 Å². The van der Waals surface area contributed by atoms with Crippen LogP contribution in [0, 0.1) is 6.92 Å². The Morgan fingerprint density at radius 2 is 2.00 bits per heavy atom. The monoisotopic (exact) mass is 342 g/mol. The van der Waals surface area contributed by atoms with Crippen LogP contribution >= 0.6 is 11.3 Å². The van der Waals surface area contributed by atoms with Gasteiger partial charge in [-0.15, -0.1) is 11.3 Å².